The lowest BCUT2D eigenvalue weighted by molar-refractivity contribution is -0.140. The van der Waals surface area contributed by atoms with E-state index < -0.39 is 29.6 Å². The second-order valence-electron chi connectivity index (χ2n) is 11.9. The number of halogens is 1. The van der Waals surface area contributed by atoms with E-state index in [1.807, 2.05) is 0 Å². The largest absolute Gasteiger partial charge is 0.480 e. The normalized spacial score (nSPS) is 21.9. The minimum atomic E-state index is -1.13. The number of benzene rings is 1. The zero-order valence-electron chi connectivity index (χ0n) is 24.1. The van der Waals surface area contributed by atoms with Gasteiger partial charge in [-0.15, -0.1) is 0 Å². The van der Waals surface area contributed by atoms with Crippen molar-refractivity contribution in [2.45, 2.75) is 82.4 Å². The average Bonchev–Trinajstić information content (AvgIpc) is 3.17. The number of anilines is 1. The molecule has 2 heterocycles. The van der Waals surface area contributed by atoms with Crippen LogP contribution in [0, 0.1) is 11.7 Å². The third-order valence-corrected chi connectivity index (χ3v) is 9.97. The molecule has 2 amide bonds. The Labute approximate surface area is 246 Å². The van der Waals surface area contributed by atoms with Crippen molar-refractivity contribution in [3.8, 4) is 0 Å². The number of nitrogens with one attached hydrogen (secondary N) is 1. The summed E-state index contributed by atoms with van der Waals surface area (Å²) in [6, 6.07) is 5.23. The number of aliphatic hydroxyl groups is 1. The first-order valence-electron chi connectivity index (χ1n) is 15.0. The summed E-state index contributed by atoms with van der Waals surface area (Å²) < 4.78 is 13.8. The van der Waals surface area contributed by atoms with Crippen LogP contribution < -0.4 is 10.2 Å². The molecule has 4 rings (SSSR count). The van der Waals surface area contributed by atoms with Crippen molar-refractivity contribution in [3.05, 3.63) is 30.1 Å². The van der Waals surface area contributed by atoms with Gasteiger partial charge in [-0.2, -0.15) is 11.8 Å². The number of carbonyl (C=O) groups is 3. The van der Waals surface area contributed by atoms with E-state index in [2.05, 4.69) is 15.1 Å². The lowest BCUT2D eigenvalue weighted by Gasteiger charge is -2.44. The van der Waals surface area contributed by atoms with Crippen molar-refractivity contribution in [2.75, 3.05) is 49.3 Å². The number of aliphatic hydroxyl groups excluding tert-OH is 1. The number of hydrogen-bond donors (Lipinski definition) is 3. The number of amides is 2. The highest BCUT2D eigenvalue weighted by Crippen LogP contribution is 2.40. The SMILES string of the molecule is CC(=O)NC(CSC[C@@H](O)CN1CN(c2ccc(F)cc2)C2(CCN(CC3CCCCCCC3)CC2)C1=O)C(=O)O. The van der Waals surface area contributed by atoms with Gasteiger partial charge in [-0.1, -0.05) is 32.1 Å². The van der Waals surface area contributed by atoms with Crippen LogP contribution >= 0.6 is 11.8 Å². The molecule has 228 valence electrons. The van der Waals surface area contributed by atoms with Gasteiger partial charge < -0.3 is 30.2 Å². The Morgan fingerprint density at radius 2 is 1.71 bits per heavy atom. The van der Waals surface area contributed by atoms with Crippen LogP contribution in [0.25, 0.3) is 0 Å². The van der Waals surface area contributed by atoms with Crippen LogP contribution in [0.4, 0.5) is 10.1 Å². The van der Waals surface area contributed by atoms with Gasteiger partial charge in [-0.3, -0.25) is 9.59 Å². The number of piperidine rings is 1. The lowest BCUT2D eigenvalue weighted by Crippen LogP contribution is -2.57. The van der Waals surface area contributed by atoms with E-state index in [1.165, 1.54) is 75.8 Å². The fourth-order valence-corrected chi connectivity index (χ4v) is 7.57. The van der Waals surface area contributed by atoms with E-state index in [0.29, 0.717) is 25.4 Å². The topological polar surface area (TPSA) is 113 Å². The van der Waals surface area contributed by atoms with Gasteiger partial charge in [0.1, 0.15) is 17.4 Å². The standard InChI is InChI=1S/C30H45FN4O5S/c1-22(36)32-27(28(38)39)20-41-19-26(37)18-34-21-35(25-11-9-24(31)10-12-25)30(29(34)40)13-15-33(16-14-30)17-23-7-5-3-2-4-6-8-23/h9-12,23,26-27,37H,2-8,13-21H2,1H3,(H,32,36)(H,38,39)/t26-,27?/m0/s1. The molecule has 0 bridgehead atoms. The highest BCUT2D eigenvalue weighted by atomic mass is 32.2. The molecule has 1 aromatic carbocycles. The second-order valence-corrected chi connectivity index (χ2v) is 13.0. The number of thioether (sulfide) groups is 1. The maximum atomic E-state index is 14.0. The zero-order valence-corrected chi connectivity index (χ0v) is 24.9. The number of hydrogen-bond acceptors (Lipinski definition) is 7. The first-order chi connectivity index (χ1) is 19.7. The molecule has 11 heteroatoms. The van der Waals surface area contributed by atoms with Crippen molar-refractivity contribution in [1.29, 1.82) is 0 Å². The number of likely N-dealkylation sites (tertiary alicyclic amines) is 1. The molecule has 3 N–H and O–H groups in total. The maximum absolute atomic E-state index is 14.0. The number of aliphatic carboxylic acids is 1. The van der Waals surface area contributed by atoms with Crippen LogP contribution in [0.5, 0.6) is 0 Å². The van der Waals surface area contributed by atoms with Crippen molar-refractivity contribution < 1.29 is 29.0 Å². The number of carbonyl (C=O) groups excluding carboxylic acids is 2. The zero-order chi connectivity index (χ0) is 29.4. The number of nitrogens with zero attached hydrogens (tertiary/aromatic N) is 3. The molecule has 2 saturated heterocycles. The van der Waals surface area contributed by atoms with E-state index in [1.54, 1.807) is 17.0 Å². The van der Waals surface area contributed by atoms with Crippen LogP contribution in [0.1, 0.15) is 64.7 Å². The van der Waals surface area contributed by atoms with Crippen LogP contribution in [0.15, 0.2) is 24.3 Å². The van der Waals surface area contributed by atoms with Crippen LogP contribution in [-0.4, -0.2) is 99.8 Å². The summed E-state index contributed by atoms with van der Waals surface area (Å²) >= 11 is 1.22. The third kappa shape index (κ3) is 8.35. The summed E-state index contributed by atoms with van der Waals surface area (Å²) in [5.41, 5.74) is 0.0567. The van der Waals surface area contributed by atoms with Crippen LogP contribution in [-0.2, 0) is 14.4 Å². The smallest absolute Gasteiger partial charge is 0.327 e. The summed E-state index contributed by atoms with van der Waals surface area (Å²) in [5, 5.41) is 22.5. The Balaban J connectivity index is 1.39. The van der Waals surface area contributed by atoms with Gasteiger partial charge in [0, 0.05) is 50.3 Å². The molecule has 9 nitrogen and oxygen atoms in total. The fourth-order valence-electron chi connectivity index (χ4n) is 6.60. The van der Waals surface area contributed by atoms with Gasteiger partial charge in [0.25, 0.3) is 0 Å². The summed E-state index contributed by atoms with van der Waals surface area (Å²) in [7, 11) is 0. The van der Waals surface area contributed by atoms with Gasteiger partial charge in [0.2, 0.25) is 11.8 Å². The fraction of sp³-hybridized carbons (Fsp3) is 0.700. The molecule has 2 atom stereocenters. The molecule has 2 aliphatic heterocycles. The predicted molar refractivity (Wildman–Crippen MR) is 158 cm³/mol. The van der Waals surface area contributed by atoms with Gasteiger partial charge >= 0.3 is 5.97 Å². The Morgan fingerprint density at radius 1 is 1.07 bits per heavy atom. The molecule has 3 aliphatic rings. The molecule has 0 aromatic heterocycles. The Morgan fingerprint density at radius 3 is 2.32 bits per heavy atom. The summed E-state index contributed by atoms with van der Waals surface area (Å²) in [4.78, 5) is 42.9. The van der Waals surface area contributed by atoms with Crippen molar-refractivity contribution >= 4 is 35.2 Å². The van der Waals surface area contributed by atoms with E-state index in [4.69, 9.17) is 0 Å². The molecular formula is C30H45FN4O5S. The molecule has 41 heavy (non-hydrogen) atoms. The Bertz CT molecular complexity index is 1030. The highest BCUT2D eigenvalue weighted by molar-refractivity contribution is 7.99. The molecule has 1 aliphatic carbocycles. The summed E-state index contributed by atoms with van der Waals surface area (Å²) in [6.07, 6.45) is 9.67. The number of carboxylic acid groups (broad SMARTS) is 1. The highest BCUT2D eigenvalue weighted by Gasteiger charge is 2.54. The Hall–Kier alpha value is -2.37. The molecular weight excluding hydrogens is 547 g/mol. The van der Waals surface area contributed by atoms with Gasteiger partial charge in [0.05, 0.1) is 12.8 Å². The minimum Gasteiger partial charge on any atom is -0.480 e. The predicted octanol–water partition coefficient (Wildman–Crippen LogP) is 3.31. The van der Waals surface area contributed by atoms with E-state index >= 15 is 0 Å². The number of carboxylic acids is 1. The first kappa shape index (κ1) is 31.6. The van der Waals surface area contributed by atoms with Crippen molar-refractivity contribution in [1.82, 2.24) is 15.1 Å². The molecule has 1 aromatic rings. The van der Waals surface area contributed by atoms with Crippen molar-refractivity contribution in [3.63, 3.8) is 0 Å². The third-order valence-electron chi connectivity index (χ3n) is 8.78. The minimum absolute atomic E-state index is 0.0156. The van der Waals surface area contributed by atoms with E-state index in [9.17, 15) is 29.0 Å². The van der Waals surface area contributed by atoms with Gasteiger partial charge in [-0.05, 0) is 55.9 Å². The number of rotatable bonds is 11. The molecule has 3 fully saturated rings. The Kier molecular flexibility index (Phi) is 11.3. The van der Waals surface area contributed by atoms with Crippen molar-refractivity contribution in [2.24, 2.45) is 5.92 Å². The van der Waals surface area contributed by atoms with Crippen LogP contribution in [0.3, 0.4) is 0 Å². The second kappa shape index (κ2) is 14.7. The number of β-amino-alcohol motifs (C(OH)–C–C–N with tert-alkyl or cyclic N) is 1. The van der Waals surface area contributed by atoms with E-state index in [-0.39, 0.29) is 29.8 Å². The summed E-state index contributed by atoms with van der Waals surface area (Å²) in [5.74, 6) is -0.845. The van der Waals surface area contributed by atoms with Crippen LogP contribution in [0.2, 0.25) is 0 Å². The first-order valence-corrected chi connectivity index (χ1v) is 16.1. The monoisotopic (exact) mass is 592 g/mol. The molecule has 1 saturated carbocycles. The summed E-state index contributed by atoms with van der Waals surface area (Å²) in [6.45, 7) is 4.42. The average molecular weight is 593 g/mol. The maximum Gasteiger partial charge on any atom is 0.327 e. The molecule has 1 unspecified atom stereocenters. The van der Waals surface area contributed by atoms with Gasteiger partial charge in [-0.25, -0.2) is 9.18 Å². The van der Waals surface area contributed by atoms with Gasteiger partial charge in [0.15, 0.2) is 0 Å². The molecule has 0 radical (unpaired) electrons. The quantitative estimate of drug-likeness (QED) is 0.359. The van der Waals surface area contributed by atoms with E-state index in [0.717, 1.165) is 25.3 Å². The lowest BCUT2D eigenvalue weighted by atomic mass is 9.84. The molecule has 1 spiro atoms.